The fraction of sp³-hybridized carbons (Fsp3) is 0. The van der Waals surface area contributed by atoms with E-state index in [1.54, 1.807) is 12.1 Å². The van der Waals surface area contributed by atoms with E-state index in [2.05, 4.69) is 137 Å². The summed E-state index contributed by atoms with van der Waals surface area (Å²) >= 11 is 0. The van der Waals surface area contributed by atoms with Crippen molar-refractivity contribution in [3.8, 4) is 68.8 Å². The minimum absolute atomic E-state index is 0.391. The van der Waals surface area contributed by atoms with Gasteiger partial charge in [-0.2, -0.15) is 10.5 Å². The molecule has 0 bridgehead atoms. The summed E-state index contributed by atoms with van der Waals surface area (Å²) in [4.78, 5) is 14.6. The van der Waals surface area contributed by atoms with Gasteiger partial charge in [-0.15, -0.1) is 0 Å². The van der Waals surface area contributed by atoms with Crippen LogP contribution >= 0.6 is 0 Å². The number of benzene rings is 8. The molecule has 0 N–H and O–H groups in total. The van der Waals surface area contributed by atoms with Crippen LogP contribution in [0.1, 0.15) is 11.1 Å². The number of hydrogen-bond acceptors (Lipinski definition) is 5. The third kappa shape index (κ3) is 5.69. The number of nitrogens with zero attached hydrogens (tertiary/aromatic N) is 7. The molecule has 0 unspecified atom stereocenters. The van der Waals surface area contributed by atoms with E-state index < -0.39 is 0 Å². The fourth-order valence-electron chi connectivity index (χ4n) is 8.43. The number of rotatable bonds is 6. The number of fused-ring (bicyclic) bond motifs is 6. The zero-order chi connectivity index (χ0) is 40.2. The van der Waals surface area contributed by atoms with Crippen LogP contribution in [0.4, 0.5) is 0 Å². The van der Waals surface area contributed by atoms with Crippen LogP contribution in [0.25, 0.3) is 100 Å². The smallest absolute Gasteiger partial charge is 0.165 e. The number of nitriles is 2. The van der Waals surface area contributed by atoms with Gasteiger partial charge in [0, 0.05) is 49.6 Å². The van der Waals surface area contributed by atoms with Gasteiger partial charge in [0.15, 0.2) is 17.5 Å². The lowest BCUT2D eigenvalue weighted by molar-refractivity contribution is 1.07. The second-order valence-electron chi connectivity index (χ2n) is 14.7. The Morgan fingerprint density at radius 2 is 0.833 bits per heavy atom. The molecular weight excluding hydrogens is 735 g/mol. The predicted molar refractivity (Wildman–Crippen MR) is 240 cm³/mol. The molecule has 7 heteroatoms. The van der Waals surface area contributed by atoms with E-state index in [-0.39, 0.29) is 0 Å². The molecule has 3 aromatic heterocycles. The SMILES string of the molecule is N#Cc1ccc(-c2nc(-c3ccccc3)nc(-c3ccc(-n4c5ccccc5c5cc(-c6ccc7c(c6)c6ccccc6n7-c6ccccc6)ccc54)cc3C#N)n2)cc1. The molecule has 0 saturated carbocycles. The average molecular weight is 766 g/mol. The highest BCUT2D eigenvalue weighted by molar-refractivity contribution is 6.12. The zero-order valence-corrected chi connectivity index (χ0v) is 32.0. The maximum Gasteiger partial charge on any atom is 0.165 e. The summed E-state index contributed by atoms with van der Waals surface area (Å²) in [6.07, 6.45) is 0. The van der Waals surface area contributed by atoms with Gasteiger partial charge in [-0.3, -0.25) is 0 Å². The van der Waals surface area contributed by atoms with Crippen molar-refractivity contribution in [2.24, 2.45) is 0 Å². The van der Waals surface area contributed by atoms with Gasteiger partial charge in [0.05, 0.1) is 45.3 Å². The molecule has 0 amide bonds. The molecule has 0 fully saturated rings. The first-order valence-electron chi connectivity index (χ1n) is 19.6. The predicted octanol–water partition coefficient (Wildman–Crippen LogP) is 12.5. The Morgan fingerprint density at radius 1 is 0.350 bits per heavy atom. The Labute approximate surface area is 345 Å². The van der Waals surface area contributed by atoms with Gasteiger partial charge in [-0.25, -0.2) is 15.0 Å². The average Bonchev–Trinajstić information content (AvgIpc) is 3.84. The molecular formula is C53H31N7. The van der Waals surface area contributed by atoms with E-state index in [4.69, 9.17) is 15.0 Å². The molecule has 8 aromatic carbocycles. The first kappa shape index (κ1) is 34.6. The zero-order valence-electron chi connectivity index (χ0n) is 32.0. The van der Waals surface area contributed by atoms with Crippen LogP contribution in [-0.4, -0.2) is 24.1 Å². The van der Waals surface area contributed by atoms with Crippen molar-refractivity contribution in [3.05, 3.63) is 199 Å². The molecule has 0 aliphatic rings. The van der Waals surface area contributed by atoms with Crippen molar-refractivity contribution in [1.82, 2.24) is 24.1 Å². The van der Waals surface area contributed by atoms with Crippen LogP contribution in [0.15, 0.2) is 188 Å². The molecule has 0 atom stereocenters. The maximum absolute atomic E-state index is 10.7. The second-order valence-corrected chi connectivity index (χ2v) is 14.7. The Hall–Kier alpha value is -8.65. The van der Waals surface area contributed by atoms with E-state index >= 15 is 0 Å². The van der Waals surface area contributed by atoms with Gasteiger partial charge in [0.1, 0.15) is 0 Å². The van der Waals surface area contributed by atoms with Crippen molar-refractivity contribution in [2.45, 2.75) is 0 Å². The Balaban J connectivity index is 1.03. The molecule has 0 spiro atoms. The highest BCUT2D eigenvalue weighted by atomic mass is 15.0. The minimum Gasteiger partial charge on any atom is -0.309 e. The second kappa shape index (κ2) is 14.1. The van der Waals surface area contributed by atoms with Gasteiger partial charge in [0.2, 0.25) is 0 Å². The van der Waals surface area contributed by atoms with Crippen LogP contribution in [0.5, 0.6) is 0 Å². The van der Waals surface area contributed by atoms with Gasteiger partial charge in [0.25, 0.3) is 0 Å². The summed E-state index contributed by atoms with van der Waals surface area (Å²) in [7, 11) is 0. The van der Waals surface area contributed by atoms with Crippen molar-refractivity contribution in [2.75, 3.05) is 0 Å². The molecule has 7 nitrogen and oxygen atoms in total. The summed E-state index contributed by atoms with van der Waals surface area (Å²) < 4.78 is 4.56. The first-order valence-corrected chi connectivity index (χ1v) is 19.6. The molecule has 60 heavy (non-hydrogen) atoms. The number of hydrogen-bond donors (Lipinski definition) is 0. The monoisotopic (exact) mass is 765 g/mol. The lowest BCUT2D eigenvalue weighted by Gasteiger charge is -2.12. The quantitative estimate of drug-likeness (QED) is 0.168. The van der Waals surface area contributed by atoms with Crippen molar-refractivity contribution < 1.29 is 0 Å². The van der Waals surface area contributed by atoms with Crippen molar-refractivity contribution in [3.63, 3.8) is 0 Å². The van der Waals surface area contributed by atoms with Gasteiger partial charge >= 0.3 is 0 Å². The fourth-order valence-corrected chi connectivity index (χ4v) is 8.43. The highest BCUT2D eigenvalue weighted by Gasteiger charge is 2.19. The topological polar surface area (TPSA) is 96.1 Å². The van der Waals surface area contributed by atoms with Crippen molar-refractivity contribution in [1.29, 1.82) is 10.5 Å². The lowest BCUT2D eigenvalue weighted by atomic mass is 10.0. The van der Waals surface area contributed by atoms with Gasteiger partial charge in [-0.1, -0.05) is 97.1 Å². The Morgan fingerprint density at radius 3 is 1.42 bits per heavy atom. The van der Waals surface area contributed by atoms with Gasteiger partial charge in [-0.05, 0) is 102 Å². The highest BCUT2D eigenvalue weighted by Crippen LogP contribution is 2.39. The van der Waals surface area contributed by atoms with E-state index in [9.17, 15) is 10.5 Å². The summed E-state index contributed by atoms with van der Waals surface area (Å²) in [5, 5.41) is 24.7. The van der Waals surface area contributed by atoms with E-state index in [1.165, 1.54) is 21.8 Å². The number of para-hydroxylation sites is 3. The van der Waals surface area contributed by atoms with Crippen LogP contribution < -0.4 is 0 Å². The summed E-state index contributed by atoms with van der Waals surface area (Å²) in [6, 6.07) is 68.3. The summed E-state index contributed by atoms with van der Waals surface area (Å²) in [5.41, 5.74) is 11.8. The van der Waals surface area contributed by atoms with E-state index in [0.717, 1.165) is 55.4 Å². The lowest BCUT2D eigenvalue weighted by Crippen LogP contribution is -2.02. The van der Waals surface area contributed by atoms with E-state index in [0.29, 0.717) is 34.2 Å². The summed E-state index contributed by atoms with van der Waals surface area (Å²) in [5.74, 6) is 1.34. The molecule has 3 heterocycles. The molecule has 278 valence electrons. The molecule has 0 aliphatic heterocycles. The largest absolute Gasteiger partial charge is 0.309 e. The molecule has 0 saturated heterocycles. The van der Waals surface area contributed by atoms with Crippen LogP contribution in [0, 0.1) is 22.7 Å². The molecule has 11 aromatic rings. The number of aromatic nitrogens is 5. The first-order chi connectivity index (χ1) is 29.6. The molecule has 11 rings (SSSR count). The normalized spacial score (nSPS) is 11.3. The maximum atomic E-state index is 10.7. The van der Waals surface area contributed by atoms with Gasteiger partial charge < -0.3 is 9.13 Å². The van der Waals surface area contributed by atoms with E-state index in [1.807, 2.05) is 60.7 Å². The minimum atomic E-state index is 0.391. The van der Waals surface area contributed by atoms with Crippen LogP contribution in [0.3, 0.4) is 0 Å². The molecule has 0 aliphatic carbocycles. The van der Waals surface area contributed by atoms with Crippen LogP contribution in [-0.2, 0) is 0 Å². The standard InChI is InChI=1S/C53H31N7/c54-32-34-19-21-36(22-20-34)52-56-51(35-11-3-1-4-12-35)57-53(58-52)42-26-25-41(29-39(42)33-55)60-48-18-10-8-16-44(48)46-31-38(24-28-50(46)60)37-23-27-49-45(30-37)43-15-7-9-17-47(43)59(49)40-13-5-2-6-14-40/h1-31H. The van der Waals surface area contributed by atoms with Crippen LogP contribution in [0.2, 0.25) is 0 Å². The third-order valence-corrected chi connectivity index (χ3v) is 11.3. The third-order valence-electron chi connectivity index (χ3n) is 11.3. The Bertz CT molecular complexity index is 3550. The van der Waals surface area contributed by atoms with Crippen molar-refractivity contribution >= 4 is 43.6 Å². The Kier molecular flexibility index (Phi) is 8.11. The summed E-state index contributed by atoms with van der Waals surface area (Å²) in [6.45, 7) is 0. The molecule has 0 radical (unpaired) electrons.